The summed E-state index contributed by atoms with van der Waals surface area (Å²) in [5, 5.41) is 13.3. The van der Waals surface area contributed by atoms with E-state index in [1.807, 2.05) is 12.1 Å². The first-order chi connectivity index (χ1) is 18.0. The highest BCUT2D eigenvalue weighted by atomic mass is 28.3. The summed E-state index contributed by atoms with van der Waals surface area (Å²) in [5.41, 5.74) is 10.4. The number of fused-ring (bicyclic) bond motifs is 3. The van der Waals surface area contributed by atoms with Crippen LogP contribution in [0.15, 0.2) is 65.1 Å². The maximum Gasteiger partial charge on any atom is 0.216 e. The lowest BCUT2D eigenvalue weighted by Gasteiger charge is -2.16. The molecule has 3 aromatic carbocycles. The summed E-state index contributed by atoms with van der Waals surface area (Å²) in [4.78, 5) is 0. The van der Waals surface area contributed by atoms with Crippen molar-refractivity contribution in [1.29, 1.82) is 5.26 Å². The van der Waals surface area contributed by atoms with Crippen LogP contribution in [0.1, 0.15) is 36.2 Å². The van der Waals surface area contributed by atoms with Crippen LogP contribution in [0.25, 0.3) is 44.3 Å². The number of aryl methyl sites for hydroxylation is 2. The van der Waals surface area contributed by atoms with Crippen molar-refractivity contribution in [2.75, 3.05) is 0 Å². The molecule has 2 aromatic heterocycles. The van der Waals surface area contributed by atoms with Gasteiger partial charge in [0.25, 0.3) is 0 Å². The Morgan fingerprint density at radius 1 is 0.895 bits per heavy atom. The normalized spacial score (nSPS) is 12.0. The molecule has 0 spiro atoms. The quantitative estimate of drug-likeness (QED) is 0.175. The molecule has 2 heterocycles. The van der Waals surface area contributed by atoms with Crippen LogP contribution in [0.2, 0.25) is 19.6 Å². The molecule has 3 nitrogen and oxygen atoms in total. The Kier molecular flexibility index (Phi) is 6.53. The zero-order valence-corrected chi connectivity index (χ0v) is 24.9. The van der Waals surface area contributed by atoms with Crippen molar-refractivity contribution in [3.05, 3.63) is 83.0 Å². The molecular formula is C34H37N2OSi+. The molecule has 5 aromatic rings. The van der Waals surface area contributed by atoms with Crippen LogP contribution in [0, 0.1) is 31.1 Å². The largest absolute Gasteiger partial charge is 0.454 e. The van der Waals surface area contributed by atoms with E-state index in [1.54, 1.807) is 0 Å². The third kappa shape index (κ3) is 4.57. The van der Waals surface area contributed by atoms with Gasteiger partial charge >= 0.3 is 0 Å². The van der Waals surface area contributed by atoms with Gasteiger partial charge in [0, 0.05) is 35.4 Å². The molecule has 0 saturated heterocycles. The van der Waals surface area contributed by atoms with Crippen molar-refractivity contribution >= 4 is 35.2 Å². The Labute approximate surface area is 227 Å². The highest BCUT2D eigenvalue weighted by Gasteiger charge is 2.24. The van der Waals surface area contributed by atoms with E-state index in [0.717, 1.165) is 50.7 Å². The molecular weight excluding hydrogens is 480 g/mol. The van der Waals surface area contributed by atoms with E-state index < -0.39 is 8.07 Å². The molecule has 0 N–H and O–H groups in total. The van der Waals surface area contributed by atoms with Gasteiger partial charge < -0.3 is 4.42 Å². The minimum absolute atomic E-state index is 0.581. The maximum atomic E-state index is 9.90. The Hall–Kier alpha value is -3.68. The van der Waals surface area contributed by atoms with E-state index >= 15 is 0 Å². The fraction of sp³-hybridized carbons (Fsp3) is 0.294. The predicted molar refractivity (Wildman–Crippen MR) is 161 cm³/mol. The summed E-state index contributed by atoms with van der Waals surface area (Å²) >= 11 is 0. The maximum absolute atomic E-state index is 9.90. The smallest absolute Gasteiger partial charge is 0.216 e. The lowest BCUT2D eigenvalue weighted by atomic mass is 9.95. The second-order valence-electron chi connectivity index (χ2n) is 12.1. The molecule has 4 heteroatoms. The highest BCUT2D eigenvalue weighted by Crippen LogP contribution is 2.41. The van der Waals surface area contributed by atoms with Gasteiger partial charge in [0.1, 0.15) is 18.2 Å². The molecule has 0 fully saturated rings. The summed E-state index contributed by atoms with van der Waals surface area (Å²) < 4.78 is 9.06. The van der Waals surface area contributed by atoms with Crippen LogP contribution < -0.4 is 9.75 Å². The molecule has 0 bridgehead atoms. The molecule has 38 heavy (non-hydrogen) atoms. The number of furan rings is 1. The molecule has 0 aliphatic rings. The van der Waals surface area contributed by atoms with Crippen LogP contribution in [-0.4, -0.2) is 8.07 Å². The zero-order chi connectivity index (χ0) is 27.4. The number of nitriles is 1. The topological polar surface area (TPSA) is 40.8 Å². The first kappa shape index (κ1) is 25.9. The van der Waals surface area contributed by atoms with E-state index in [0.29, 0.717) is 11.5 Å². The lowest BCUT2D eigenvalue weighted by molar-refractivity contribution is -0.666. The minimum atomic E-state index is -1.41. The first-order valence-electron chi connectivity index (χ1n) is 13.5. The fourth-order valence-electron chi connectivity index (χ4n) is 5.49. The molecule has 5 rings (SSSR count). The molecule has 0 atom stereocenters. The Balaban J connectivity index is 1.81. The molecule has 192 valence electrons. The predicted octanol–water partition coefficient (Wildman–Crippen LogP) is 7.98. The monoisotopic (exact) mass is 517 g/mol. The highest BCUT2D eigenvalue weighted by molar-refractivity contribution is 6.88. The van der Waals surface area contributed by atoms with Gasteiger partial charge in [-0.2, -0.15) is 9.83 Å². The average Bonchev–Trinajstić information content (AvgIpc) is 3.23. The van der Waals surface area contributed by atoms with Gasteiger partial charge in [-0.25, -0.2) is 0 Å². The summed E-state index contributed by atoms with van der Waals surface area (Å²) in [6.07, 6.45) is 1.03. The van der Waals surface area contributed by atoms with Crippen LogP contribution in [-0.2, 0) is 13.5 Å². The summed E-state index contributed by atoms with van der Waals surface area (Å²) in [6.45, 7) is 15.9. The molecule has 0 aliphatic carbocycles. The van der Waals surface area contributed by atoms with E-state index in [-0.39, 0.29) is 0 Å². The van der Waals surface area contributed by atoms with E-state index in [9.17, 15) is 5.26 Å². The van der Waals surface area contributed by atoms with Gasteiger partial charge in [0.05, 0.1) is 25.3 Å². The summed E-state index contributed by atoms with van der Waals surface area (Å²) in [6, 6.07) is 24.1. The number of aromatic nitrogens is 1. The zero-order valence-electron chi connectivity index (χ0n) is 23.9. The minimum Gasteiger partial charge on any atom is -0.454 e. The van der Waals surface area contributed by atoms with E-state index in [1.165, 1.54) is 22.0 Å². The number of rotatable bonds is 5. The van der Waals surface area contributed by atoms with E-state index in [2.05, 4.69) is 114 Å². The van der Waals surface area contributed by atoms with Crippen molar-refractivity contribution in [2.24, 2.45) is 13.0 Å². The number of nitrogens with zero attached hydrogens (tertiary/aromatic N) is 2. The van der Waals surface area contributed by atoms with Crippen LogP contribution in [0.5, 0.6) is 0 Å². The van der Waals surface area contributed by atoms with Crippen molar-refractivity contribution < 1.29 is 8.98 Å². The Bertz CT molecular complexity index is 1730. The number of benzene rings is 3. The fourth-order valence-corrected chi connectivity index (χ4v) is 6.65. The standard InChI is InChI=1S/C34H37N2OSi/c1-21(2)15-24-16-23(4)36(5)31(19-24)32-22(3)9-14-28-30-18-25(20-35)17-29(33(30)37-34(28)32)26-10-12-27(13-11-26)38(6,7)8/h9-14,16-19,21H,15H2,1-8H3/q+1. The van der Waals surface area contributed by atoms with Gasteiger partial charge in [-0.3, -0.25) is 0 Å². The van der Waals surface area contributed by atoms with Crippen LogP contribution in [0.3, 0.4) is 0 Å². The molecule has 0 radical (unpaired) electrons. The third-order valence-corrected chi connectivity index (χ3v) is 9.71. The van der Waals surface area contributed by atoms with Crippen LogP contribution in [0.4, 0.5) is 0 Å². The van der Waals surface area contributed by atoms with Gasteiger partial charge in [-0.1, -0.05) is 75.1 Å². The van der Waals surface area contributed by atoms with Crippen LogP contribution >= 0.6 is 0 Å². The SMILES string of the molecule is Cc1ccc2c(oc3c(-c4ccc([Si](C)(C)C)cc4)cc(C#N)cc32)c1-c1cc(CC(C)C)cc(C)[n+]1C. The van der Waals surface area contributed by atoms with Crippen molar-refractivity contribution in [1.82, 2.24) is 0 Å². The van der Waals surface area contributed by atoms with Gasteiger partial charge in [-0.15, -0.1) is 0 Å². The van der Waals surface area contributed by atoms with Gasteiger partial charge in [0.2, 0.25) is 5.69 Å². The summed E-state index contributed by atoms with van der Waals surface area (Å²) in [5.74, 6) is 0.581. The van der Waals surface area contributed by atoms with E-state index in [4.69, 9.17) is 4.42 Å². The first-order valence-corrected chi connectivity index (χ1v) is 17.0. The summed E-state index contributed by atoms with van der Waals surface area (Å²) in [7, 11) is 0.719. The van der Waals surface area contributed by atoms with Crippen molar-refractivity contribution in [3.63, 3.8) is 0 Å². The van der Waals surface area contributed by atoms with Crippen molar-refractivity contribution in [3.8, 4) is 28.5 Å². The van der Waals surface area contributed by atoms with Gasteiger partial charge in [-0.05, 0) is 48.1 Å². The van der Waals surface area contributed by atoms with Gasteiger partial charge in [0.15, 0.2) is 5.69 Å². The lowest BCUT2D eigenvalue weighted by Crippen LogP contribution is -2.37. The average molecular weight is 518 g/mol. The molecule has 0 aliphatic heterocycles. The molecule has 0 unspecified atom stereocenters. The Morgan fingerprint density at radius 3 is 2.24 bits per heavy atom. The second kappa shape index (κ2) is 9.56. The molecule has 0 saturated carbocycles. The number of pyridine rings is 1. The number of hydrogen-bond acceptors (Lipinski definition) is 2. The van der Waals surface area contributed by atoms with Crippen molar-refractivity contribution in [2.45, 2.75) is 53.8 Å². The second-order valence-corrected chi connectivity index (χ2v) is 17.2. The molecule has 0 amide bonds. The Morgan fingerprint density at radius 2 is 1.61 bits per heavy atom. The third-order valence-electron chi connectivity index (χ3n) is 7.65. The number of hydrogen-bond donors (Lipinski definition) is 0.